The van der Waals surface area contributed by atoms with Gasteiger partial charge in [0.1, 0.15) is 0 Å². The summed E-state index contributed by atoms with van der Waals surface area (Å²) in [6.45, 7) is 0. The normalized spacial score (nSPS) is 11.5. The maximum Gasteiger partial charge on any atom is 0.238 e. The van der Waals surface area contributed by atoms with Gasteiger partial charge in [-0.25, -0.2) is 19.9 Å². The Bertz CT molecular complexity index is 3940. The summed E-state index contributed by atoms with van der Waals surface area (Å²) < 4.78 is 4.60. The maximum atomic E-state index is 5.37. The van der Waals surface area contributed by atoms with Crippen LogP contribution in [0.5, 0.6) is 0 Å². The van der Waals surface area contributed by atoms with Crippen LogP contribution in [0.1, 0.15) is 0 Å². The van der Waals surface area contributed by atoms with Crippen LogP contribution in [0.4, 0.5) is 0 Å². The fraction of sp³-hybridized carbons (Fsp3) is 0. The molecule has 0 unspecified atom stereocenters. The molecule has 8 heteroatoms. The quantitative estimate of drug-likeness (QED) is 0.151. The number of benzene rings is 9. The van der Waals surface area contributed by atoms with Crippen LogP contribution in [0.3, 0.4) is 0 Å². The van der Waals surface area contributed by atoms with Gasteiger partial charge in [0.2, 0.25) is 5.95 Å². The molecule has 8 nitrogen and oxygen atoms in total. The van der Waals surface area contributed by atoms with Gasteiger partial charge in [0, 0.05) is 55.0 Å². The number of hydrogen-bond acceptors (Lipinski definition) is 6. The number of nitrogens with zero attached hydrogens (tertiary/aromatic N) is 8. The van der Waals surface area contributed by atoms with E-state index in [-0.39, 0.29) is 0 Å². The van der Waals surface area contributed by atoms with Crippen molar-refractivity contribution >= 4 is 43.6 Å². The van der Waals surface area contributed by atoms with E-state index in [0.29, 0.717) is 35.1 Å². The molecule has 9 aromatic carbocycles. The smallest absolute Gasteiger partial charge is 0.238 e. The summed E-state index contributed by atoms with van der Waals surface area (Å²) >= 11 is 0. The van der Waals surface area contributed by atoms with Crippen molar-refractivity contribution in [1.82, 2.24) is 39.0 Å². The van der Waals surface area contributed by atoms with Crippen LogP contribution < -0.4 is 0 Å². The summed E-state index contributed by atoms with van der Waals surface area (Å²) in [5.74, 6) is 3.51. The minimum Gasteiger partial charge on any atom is -0.307 e. The summed E-state index contributed by atoms with van der Waals surface area (Å²) in [7, 11) is 0. The van der Waals surface area contributed by atoms with Crippen molar-refractivity contribution in [2.45, 2.75) is 0 Å². The van der Waals surface area contributed by atoms with E-state index in [2.05, 4.69) is 155 Å². The highest BCUT2D eigenvalue weighted by Crippen LogP contribution is 2.42. The van der Waals surface area contributed by atoms with Gasteiger partial charge in [-0.2, -0.15) is 9.97 Å². The van der Waals surface area contributed by atoms with Crippen molar-refractivity contribution in [1.29, 1.82) is 0 Å². The van der Waals surface area contributed by atoms with Crippen LogP contribution in [0.15, 0.2) is 231 Å². The van der Waals surface area contributed by atoms with E-state index >= 15 is 0 Å². The summed E-state index contributed by atoms with van der Waals surface area (Å²) in [6, 6.07) is 79.3. The highest BCUT2D eigenvalue weighted by molar-refractivity contribution is 6.23. The molecule has 0 radical (unpaired) electrons. The van der Waals surface area contributed by atoms with Crippen molar-refractivity contribution < 1.29 is 0 Å². The summed E-state index contributed by atoms with van der Waals surface area (Å²) in [5, 5.41) is 4.41. The average molecular weight is 871 g/mol. The van der Waals surface area contributed by atoms with Gasteiger partial charge in [-0.05, 0) is 35.4 Å². The molecule has 0 bridgehead atoms. The molecule has 4 aromatic heterocycles. The Balaban J connectivity index is 1.06. The molecule has 0 aliphatic heterocycles. The average Bonchev–Trinajstić information content (AvgIpc) is 3.95. The first kappa shape index (κ1) is 39.0. The van der Waals surface area contributed by atoms with Crippen LogP contribution in [-0.2, 0) is 0 Å². The first-order valence-electron chi connectivity index (χ1n) is 22.6. The predicted molar refractivity (Wildman–Crippen MR) is 275 cm³/mol. The molecule has 0 amide bonds. The first-order chi connectivity index (χ1) is 33.7. The lowest BCUT2D eigenvalue weighted by Gasteiger charge is -2.14. The van der Waals surface area contributed by atoms with Gasteiger partial charge in [-0.3, -0.25) is 4.57 Å². The molecule has 0 fully saturated rings. The molecule has 68 heavy (non-hydrogen) atoms. The molecule has 0 aliphatic rings. The zero-order valence-electron chi connectivity index (χ0n) is 36.5. The van der Waals surface area contributed by atoms with Gasteiger partial charge in [0.25, 0.3) is 0 Å². The monoisotopic (exact) mass is 870 g/mol. The second kappa shape index (κ2) is 16.2. The molecular weight excluding hydrogens is 833 g/mol. The van der Waals surface area contributed by atoms with Crippen LogP contribution in [0, 0.1) is 0 Å². The Morgan fingerprint density at radius 3 is 1.10 bits per heavy atom. The molecule has 0 saturated carbocycles. The van der Waals surface area contributed by atoms with Gasteiger partial charge in [0.15, 0.2) is 29.1 Å². The SMILES string of the molecule is c1ccc(-c2ccc(-c3nc(-c4ccccc4)nc(-n4c5ccccc5c5ccc6c7ccccc7n(-c7cccc(-c8nc(-c9ccccc9)nc(-c9ccccc9)n8)c7)c6c54)n3)cc2)cc1. The van der Waals surface area contributed by atoms with Gasteiger partial charge in [0.05, 0.1) is 22.1 Å². The molecule has 0 aliphatic carbocycles. The Kier molecular flexibility index (Phi) is 9.31. The molecule has 0 spiro atoms. The fourth-order valence-electron chi connectivity index (χ4n) is 9.45. The molecule has 0 atom stereocenters. The summed E-state index contributed by atoms with van der Waals surface area (Å²) in [5.41, 5.74) is 11.8. The van der Waals surface area contributed by atoms with Crippen molar-refractivity contribution in [3.63, 3.8) is 0 Å². The zero-order valence-corrected chi connectivity index (χ0v) is 36.5. The van der Waals surface area contributed by atoms with Crippen molar-refractivity contribution in [3.8, 4) is 79.7 Å². The van der Waals surface area contributed by atoms with Crippen LogP contribution >= 0.6 is 0 Å². The largest absolute Gasteiger partial charge is 0.307 e. The van der Waals surface area contributed by atoms with Crippen LogP contribution in [0.2, 0.25) is 0 Å². The molecule has 0 N–H and O–H groups in total. The van der Waals surface area contributed by atoms with Crippen molar-refractivity contribution in [2.24, 2.45) is 0 Å². The maximum absolute atomic E-state index is 5.37. The highest BCUT2D eigenvalue weighted by atomic mass is 15.2. The lowest BCUT2D eigenvalue weighted by atomic mass is 10.0. The van der Waals surface area contributed by atoms with Crippen molar-refractivity contribution in [3.05, 3.63) is 231 Å². The molecule has 13 rings (SSSR count). The van der Waals surface area contributed by atoms with Gasteiger partial charge in [-0.1, -0.05) is 206 Å². The van der Waals surface area contributed by atoms with Gasteiger partial charge >= 0.3 is 0 Å². The number of hydrogen-bond donors (Lipinski definition) is 0. The molecule has 4 heterocycles. The van der Waals surface area contributed by atoms with E-state index in [1.54, 1.807) is 0 Å². The van der Waals surface area contributed by atoms with E-state index in [1.807, 2.05) is 84.9 Å². The number of para-hydroxylation sites is 2. The lowest BCUT2D eigenvalue weighted by Crippen LogP contribution is -2.07. The van der Waals surface area contributed by atoms with Crippen LogP contribution in [0.25, 0.3) is 123 Å². The molecular formula is C60H38N8. The Labute approximate surface area is 391 Å². The molecule has 0 saturated heterocycles. The summed E-state index contributed by atoms with van der Waals surface area (Å²) in [6.07, 6.45) is 0. The number of fused-ring (bicyclic) bond motifs is 7. The topological polar surface area (TPSA) is 87.2 Å². The minimum absolute atomic E-state index is 0.525. The standard InChI is InChI=1S/C60H38N8/c1-5-18-39(19-6-1)40-32-34-44(35-33-40)58-64-57(43-24-11-4-12-25-43)65-60(66-58)68-52-31-16-14-29-48(52)50-37-36-49-47-28-13-15-30-51(47)67(53(49)54(50)68)46-27-17-26-45(38-46)59-62-55(41-20-7-2-8-21-41)61-56(63-59)42-22-9-3-10-23-42/h1-38H. The zero-order chi connectivity index (χ0) is 45.0. The van der Waals surface area contributed by atoms with Crippen molar-refractivity contribution in [2.75, 3.05) is 0 Å². The third-order valence-corrected chi connectivity index (χ3v) is 12.6. The fourth-order valence-corrected chi connectivity index (χ4v) is 9.45. The first-order valence-corrected chi connectivity index (χ1v) is 22.6. The summed E-state index contributed by atoms with van der Waals surface area (Å²) in [4.78, 5) is 31.0. The van der Waals surface area contributed by atoms with E-state index in [1.165, 1.54) is 0 Å². The van der Waals surface area contributed by atoms with E-state index in [9.17, 15) is 0 Å². The highest BCUT2D eigenvalue weighted by Gasteiger charge is 2.24. The minimum atomic E-state index is 0.525. The molecule has 318 valence electrons. The van der Waals surface area contributed by atoms with E-state index in [0.717, 1.165) is 88.2 Å². The Hall–Kier alpha value is -9.40. The second-order valence-electron chi connectivity index (χ2n) is 16.7. The van der Waals surface area contributed by atoms with Gasteiger partial charge < -0.3 is 4.57 Å². The van der Waals surface area contributed by atoms with Gasteiger partial charge in [-0.15, -0.1) is 0 Å². The predicted octanol–water partition coefficient (Wildman–Crippen LogP) is 14.3. The third kappa shape index (κ3) is 6.70. The Morgan fingerprint density at radius 1 is 0.235 bits per heavy atom. The third-order valence-electron chi connectivity index (χ3n) is 12.6. The van der Waals surface area contributed by atoms with E-state index in [4.69, 9.17) is 29.9 Å². The lowest BCUT2D eigenvalue weighted by molar-refractivity contribution is 0.953. The Morgan fingerprint density at radius 2 is 0.588 bits per heavy atom. The number of rotatable bonds is 8. The molecule has 13 aromatic rings. The van der Waals surface area contributed by atoms with Crippen LogP contribution in [-0.4, -0.2) is 39.0 Å². The second-order valence-corrected chi connectivity index (χ2v) is 16.7. The van der Waals surface area contributed by atoms with E-state index < -0.39 is 0 Å². The number of aromatic nitrogens is 8.